The Hall–Kier alpha value is -3.15. The maximum absolute atomic E-state index is 12.9. The molecule has 0 atom stereocenters. The Bertz CT molecular complexity index is 1010. The van der Waals surface area contributed by atoms with Crippen LogP contribution in [0, 0.1) is 0 Å². The monoisotopic (exact) mass is 370 g/mol. The van der Waals surface area contributed by atoms with Crippen LogP contribution in [0.2, 0.25) is 0 Å². The molecule has 1 N–H and O–H groups in total. The minimum absolute atomic E-state index is 0.00181. The van der Waals surface area contributed by atoms with E-state index in [0.717, 1.165) is 12.8 Å². The fraction of sp³-hybridized carbons (Fsp3) is 0.286. The number of unbranched alkanes of at least 4 members (excludes halogenated alkanes) is 1. The number of hydrogen-bond acceptors (Lipinski definition) is 6. The van der Waals surface area contributed by atoms with E-state index in [1.165, 1.54) is 20.3 Å². The molecule has 2 aromatic carbocycles. The number of benzene rings is 2. The van der Waals surface area contributed by atoms with Crippen molar-refractivity contribution in [2.75, 3.05) is 20.8 Å². The molecule has 0 aliphatic carbocycles. The van der Waals surface area contributed by atoms with Gasteiger partial charge in [0.2, 0.25) is 11.2 Å². The zero-order valence-corrected chi connectivity index (χ0v) is 15.6. The Labute approximate surface area is 156 Å². The summed E-state index contributed by atoms with van der Waals surface area (Å²) in [6.45, 7) is 2.58. The number of phenols is 1. The molecule has 6 nitrogen and oxygen atoms in total. The van der Waals surface area contributed by atoms with E-state index in [2.05, 4.69) is 6.92 Å². The number of para-hydroxylation sites is 1. The van der Waals surface area contributed by atoms with Gasteiger partial charge in [-0.2, -0.15) is 0 Å². The molecule has 0 spiro atoms. The summed E-state index contributed by atoms with van der Waals surface area (Å²) in [4.78, 5) is 12.9. The molecule has 3 rings (SSSR count). The predicted octanol–water partition coefficient (Wildman–Crippen LogP) is 4.36. The first-order chi connectivity index (χ1) is 13.1. The van der Waals surface area contributed by atoms with E-state index >= 15 is 0 Å². The van der Waals surface area contributed by atoms with Crippen LogP contribution in [0.15, 0.2) is 45.6 Å². The minimum atomic E-state index is -0.461. The van der Waals surface area contributed by atoms with Crippen LogP contribution in [0.1, 0.15) is 19.8 Å². The fourth-order valence-corrected chi connectivity index (χ4v) is 2.87. The largest absolute Gasteiger partial charge is 0.507 e. The quantitative estimate of drug-likeness (QED) is 0.623. The molecule has 1 heterocycles. The highest BCUT2D eigenvalue weighted by atomic mass is 16.5. The molecule has 0 unspecified atom stereocenters. The number of ether oxygens (including phenoxy) is 3. The summed E-state index contributed by atoms with van der Waals surface area (Å²) in [6, 6.07) is 10.2. The molecule has 27 heavy (non-hydrogen) atoms. The molecule has 142 valence electrons. The van der Waals surface area contributed by atoms with E-state index in [9.17, 15) is 9.90 Å². The van der Waals surface area contributed by atoms with Crippen LogP contribution in [0.4, 0.5) is 0 Å². The molecule has 0 bridgehead atoms. The van der Waals surface area contributed by atoms with Gasteiger partial charge in [0, 0.05) is 12.1 Å². The van der Waals surface area contributed by atoms with Crippen LogP contribution in [-0.4, -0.2) is 25.9 Å². The first-order valence-electron chi connectivity index (χ1n) is 8.74. The van der Waals surface area contributed by atoms with Crippen molar-refractivity contribution >= 4 is 11.0 Å². The molecule has 0 fully saturated rings. The molecule has 0 aliphatic heterocycles. The molecule has 1 aromatic heterocycles. The second kappa shape index (κ2) is 8.03. The predicted molar refractivity (Wildman–Crippen MR) is 103 cm³/mol. The first kappa shape index (κ1) is 18.6. The van der Waals surface area contributed by atoms with Crippen molar-refractivity contribution in [3.05, 3.63) is 46.6 Å². The van der Waals surface area contributed by atoms with Crippen molar-refractivity contribution in [2.45, 2.75) is 19.8 Å². The van der Waals surface area contributed by atoms with Gasteiger partial charge in [-0.15, -0.1) is 0 Å². The second-order valence-corrected chi connectivity index (χ2v) is 6.01. The van der Waals surface area contributed by atoms with Crippen LogP contribution in [0.3, 0.4) is 0 Å². The van der Waals surface area contributed by atoms with Crippen molar-refractivity contribution in [3.8, 4) is 34.3 Å². The molecule has 6 heteroatoms. The molecule has 3 aromatic rings. The lowest BCUT2D eigenvalue weighted by Crippen LogP contribution is -2.08. The van der Waals surface area contributed by atoms with E-state index in [-0.39, 0.29) is 28.2 Å². The highest BCUT2D eigenvalue weighted by Crippen LogP contribution is 2.39. The molecule has 0 radical (unpaired) electrons. The molecule has 0 amide bonds. The third-order valence-electron chi connectivity index (χ3n) is 4.23. The lowest BCUT2D eigenvalue weighted by molar-refractivity contribution is 0.307. The van der Waals surface area contributed by atoms with Crippen molar-refractivity contribution in [1.29, 1.82) is 0 Å². The standard InChI is InChI=1S/C21H22O6/c1-4-5-10-26-13-11-15(22)18-17(12-13)27-20(21(25-3)19(18)23)14-8-6-7-9-16(14)24-2/h6-9,11-12,22H,4-5,10H2,1-3H3. The maximum atomic E-state index is 12.9. The highest BCUT2D eigenvalue weighted by molar-refractivity contribution is 5.88. The van der Waals surface area contributed by atoms with Gasteiger partial charge in [-0.25, -0.2) is 0 Å². The lowest BCUT2D eigenvalue weighted by Gasteiger charge is -2.13. The Morgan fingerprint density at radius 2 is 1.89 bits per heavy atom. The summed E-state index contributed by atoms with van der Waals surface area (Å²) in [5.74, 6) is 1.00. The highest BCUT2D eigenvalue weighted by Gasteiger charge is 2.22. The van der Waals surface area contributed by atoms with Gasteiger partial charge in [-0.3, -0.25) is 4.79 Å². The van der Waals surface area contributed by atoms with Gasteiger partial charge in [0.15, 0.2) is 5.76 Å². The van der Waals surface area contributed by atoms with Gasteiger partial charge in [0.1, 0.15) is 28.2 Å². The number of rotatable bonds is 7. The van der Waals surface area contributed by atoms with Gasteiger partial charge in [0.25, 0.3) is 0 Å². The van der Waals surface area contributed by atoms with Crippen molar-refractivity contribution in [2.24, 2.45) is 0 Å². The van der Waals surface area contributed by atoms with E-state index in [1.54, 1.807) is 18.2 Å². The van der Waals surface area contributed by atoms with Crippen molar-refractivity contribution < 1.29 is 23.7 Å². The summed E-state index contributed by atoms with van der Waals surface area (Å²) in [7, 11) is 2.92. The molecular formula is C21H22O6. The van der Waals surface area contributed by atoms with Gasteiger partial charge >= 0.3 is 0 Å². The number of hydrogen-bond donors (Lipinski definition) is 1. The Balaban J connectivity index is 2.23. The van der Waals surface area contributed by atoms with E-state index in [1.807, 2.05) is 12.1 Å². The summed E-state index contributed by atoms with van der Waals surface area (Å²) in [6.07, 6.45) is 1.88. The lowest BCUT2D eigenvalue weighted by atomic mass is 10.1. The Kier molecular flexibility index (Phi) is 5.54. The van der Waals surface area contributed by atoms with Gasteiger partial charge in [-0.05, 0) is 18.6 Å². The third kappa shape index (κ3) is 3.56. The zero-order valence-electron chi connectivity index (χ0n) is 15.6. The number of aromatic hydroxyl groups is 1. The van der Waals surface area contributed by atoms with Gasteiger partial charge in [0.05, 0.1) is 26.4 Å². The van der Waals surface area contributed by atoms with Gasteiger partial charge < -0.3 is 23.7 Å². The number of phenolic OH excluding ortho intramolecular Hbond substituents is 1. The third-order valence-corrected chi connectivity index (χ3v) is 4.23. The van der Waals surface area contributed by atoms with Crippen LogP contribution < -0.4 is 19.6 Å². The Morgan fingerprint density at radius 1 is 1.11 bits per heavy atom. The fourth-order valence-electron chi connectivity index (χ4n) is 2.87. The average Bonchev–Trinajstić information content (AvgIpc) is 2.67. The van der Waals surface area contributed by atoms with E-state index in [4.69, 9.17) is 18.6 Å². The van der Waals surface area contributed by atoms with Crippen LogP contribution >= 0.6 is 0 Å². The van der Waals surface area contributed by atoms with Crippen molar-refractivity contribution in [3.63, 3.8) is 0 Å². The zero-order chi connectivity index (χ0) is 19.4. The van der Waals surface area contributed by atoms with E-state index < -0.39 is 5.43 Å². The Morgan fingerprint density at radius 3 is 2.59 bits per heavy atom. The SMILES string of the molecule is CCCCOc1cc(O)c2c(=O)c(OC)c(-c3ccccc3OC)oc2c1. The smallest absolute Gasteiger partial charge is 0.239 e. The number of methoxy groups -OCH3 is 2. The average molecular weight is 370 g/mol. The number of fused-ring (bicyclic) bond motifs is 1. The summed E-state index contributed by atoms with van der Waals surface area (Å²) in [5.41, 5.74) is 0.332. The van der Waals surface area contributed by atoms with E-state index in [0.29, 0.717) is 23.7 Å². The first-order valence-corrected chi connectivity index (χ1v) is 8.74. The van der Waals surface area contributed by atoms with Crippen LogP contribution in [0.5, 0.6) is 23.0 Å². The van der Waals surface area contributed by atoms with Crippen LogP contribution in [-0.2, 0) is 0 Å². The second-order valence-electron chi connectivity index (χ2n) is 6.01. The van der Waals surface area contributed by atoms with Crippen molar-refractivity contribution in [1.82, 2.24) is 0 Å². The summed E-state index contributed by atoms with van der Waals surface area (Å²) < 4.78 is 22.3. The topological polar surface area (TPSA) is 78.1 Å². The summed E-state index contributed by atoms with van der Waals surface area (Å²) in [5, 5.41) is 10.4. The van der Waals surface area contributed by atoms with Crippen LogP contribution in [0.25, 0.3) is 22.3 Å². The maximum Gasteiger partial charge on any atom is 0.239 e. The normalized spacial score (nSPS) is 10.8. The summed E-state index contributed by atoms with van der Waals surface area (Å²) >= 11 is 0. The minimum Gasteiger partial charge on any atom is -0.507 e. The molecule has 0 saturated heterocycles. The molecular weight excluding hydrogens is 348 g/mol. The molecule has 0 saturated carbocycles. The van der Waals surface area contributed by atoms with Gasteiger partial charge in [-0.1, -0.05) is 25.5 Å². The molecule has 0 aliphatic rings.